The number of nitrogens with two attached hydrogens (primary N) is 1. The fraction of sp³-hybridized carbons (Fsp3) is 0.111. The van der Waals surface area contributed by atoms with Gasteiger partial charge in [0.1, 0.15) is 0 Å². The van der Waals surface area contributed by atoms with E-state index in [2.05, 4.69) is 14.2 Å². The highest BCUT2D eigenvalue weighted by molar-refractivity contribution is 6.99. The normalized spacial score (nSPS) is 12.7. The van der Waals surface area contributed by atoms with E-state index >= 15 is 0 Å². The number of halogens is 2. The van der Waals surface area contributed by atoms with E-state index in [0.717, 1.165) is 23.9 Å². The third-order valence-corrected chi connectivity index (χ3v) is 2.61. The minimum atomic E-state index is -0.916. The van der Waals surface area contributed by atoms with E-state index < -0.39 is 17.7 Å². The van der Waals surface area contributed by atoms with Crippen molar-refractivity contribution in [2.24, 2.45) is 5.84 Å². The van der Waals surface area contributed by atoms with Gasteiger partial charge >= 0.3 is 0 Å². The summed E-state index contributed by atoms with van der Waals surface area (Å²) in [4.78, 5) is 0. The molecule has 2 aromatic rings. The SMILES string of the molecule is NNC(c1ccc(F)c(F)c1)c1cnsn1. The molecule has 84 valence electrons. The second-order valence-corrected chi connectivity index (χ2v) is 3.66. The molecule has 1 unspecified atom stereocenters. The van der Waals surface area contributed by atoms with Crippen molar-refractivity contribution in [3.8, 4) is 0 Å². The van der Waals surface area contributed by atoms with Gasteiger partial charge in [-0.25, -0.2) is 14.2 Å². The number of aromatic nitrogens is 2. The third-order valence-electron chi connectivity index (χ3n) is 2.12. The zero-order valence-corrected chi connectivity index (χ0v) is 8.84. The number of benzene rings is 1. The summed E-state index contributed by atoms with van der Waals surface area (Å²) in [7, 11) is 0. The van der Waals surface area contributed by atoms with Crippen molar-refractivity contribution < 1.29 is 8.78 Å². The largest absolute Gasteiger partial charge is 0.271 e. The number of nitrogens with one attached hydrogen (secondary N) is 1. The molecule has 7 heteroatoms. The van der Waals surface area contributed by atoms with E-state index in [1.54, 1.807) is 0 Å². The first-order chi connectivity index (χ1) is 7.72. The summed E-state index contributed by atoms with van der Waals surface area (Å²) in [5, 5.41) is 0. The lowest BCUT2D eigenvalue weighted by Crippen LogP contribution is -2.29. The van der Waals surface area contributed by atoms with E-state index in [9.17, 15) is 8.78 Å². The third kappa shape index (κ3) is 2.06. The molecule has 16 heavy (non-hydrogen) atoms. The molecule has 0 fully saturated rings. The molecule has 0 saturated heterocycles. The molecular formula is C9H8F2N4S. The molecule has 2 rings (SSSR count). The summed E-state index contributed by atoms with van der Waals surface area (Å²) in [5.74, 6) is 3.55. The maximum Gasteiger partial charge on any atom is 0.159 e. The molecule has 0 bridgehead atoms. The lowest BCUT2D eigenvalue weighted by atomic mass is 10.0. The molecular weight excluding hydrogens is 234 g/mol. The summed E-state index contributed by atoms with van der Waals surface area (Å²) >= 11 is 1.02. The van der Waals surface area contributed by atoms with Crippen molar-refractivity contribution in [1.82, 2.24) is 14.2 Å². The van der Waals surface area contributed by atoms with Crippen molar-refractivity contribution in [3.05, 3.63) is 47.3 Å². The standard InChI is InChI=1S/C9H8F2N4S/c10-6-2-1-5(3-7(6)11)9(14-12)8-4-13-16-15-8/h1-4,9,14H,12H2. The minimum absolute atomic E-state index is 0.492. The second-order valence-electron chi connectivity index (χ2n) is 3.11. The maximum atomic E-state index is 13.0. The van der Waals surface area contributed by atoms with Crippen LogP contribution >= 0.6 is 11.7 Å². The van der Waals surface area contributed by atoms with E-state index in [4.69, 9.17) is 5.84 Å². The first-order valence-corrected chi connectivity index (χ1v) is 5.14. The highest BCUT2D eigenvalue weighted by Crippen LogP contribution is 2.21. The van der Waals surface area contributed by atoms with Crippen LogP contribution in [0.1, 0.15) is 17.3 Å². The lowest BCUT2D eigenvalue weighted by molar-refractivity contribution is 0.503. The summed E-state index contributed by atoms with van der Waals surface area (Å²) < 4.78 is 33.6. The van der Waals surface area contributed by atoms with E-state index in [1.165, 1.54) is 12.3 Å². The fourth-order valence-corrected chi connectivity index (χ4v) is 1.79. The molecule has 0 amide bonds. The highest BCUT2D eigenvalue weighted by Gasteiger charge is 2.16. The van der Waals surface area contributed by atoms with Crippen LogP contribution in [0.3, 0.4) is 0 Å². The van der Waals surface area contributed by atoms with Crippen molar-refractivity contribution in [2.75, 3.05) is 0 Å². The molecule has 0 saturated carbocycles. The van der Waals surface area contributed by atoms with Crippen LogP contribution in [0.2, 0.25) is 0 Å². The van der Waals surface area contributed by atoms with Crippen molar-refractivity contribution in [3.63, 3.8) is 0 Å². The smallest absolute Gasteiger partial charge is 0.159 e. The first-order valence-electron chi connectivity index (χ1n) is 4.41. The molecule has 4 nitrogen and oxygen atoms in total. The van der Waals surface area contributed by atoms with Gasteiger partial charge in [-0.2, -0.15) is 8.75 Å². The predicted molar refractivity (Wildman–Crippen MR) is 55.4 cm³/mol. The maximum absolute atomic E-state index is 13.0. The minimum Gasteiger partial charge on any atom is -0.271 e. The molecule has 0 aliphatic rings. The molecule has 3 N–H and O–H groups in total. The van der Waals surface area contributed by atoms with Crippen LogP contribution in [0, 0.1) is 11.6 Å². The fourth-order valence-electron chi connectivity index (χ4n) is 1.34. The number of hydrazine groups is 1. The quantitative estimate of drug-likeness (QED) is 0.630. The van der Waals surface area contributed by atoms with Crippen LogP contribution in [0.4, 0.5) is 8.78 Å². The molecule has 1 aromatic carbocycles. The number of rotatable bonds is 3. The van der Waals surface area contributed by atoms with Crippen LogP contribution in [-0.4, -0.2) is 8.75 Å². The Bertz CT molecular complexity index is 474. The van der Waals surface area contributed by atoms with Crippen LogP contribution in [-0.2, 0) is 0 Å². The Labute approximate surface area is 94.4 Å². The van der Waals surface area contributed by atoms with Gasteiger partial charge in [0.25, 0.3) is 0 Å². The molecule has 0 spiro atoms. The molecule has 0 aliphatic heterocycles. The Kier molecular flexibility index (Phi) is 3.18. The monoisotopic (exact) mass is 242 g/mol. The van der Waals surface area contributed by atoms with Gasteiger partial charge in [0.05, 0.1) is 29.7 Å². The molecule has 1 aromatic heterocycles. The Hall–Kier alpha value is -1.44. The van der Waals surface area contributed by atoms with Crippen molar-refractivity contribution in [1.29, 1.82) is 0 Å². The Morgan fingerprint density at radius 2 is 2.12 bits per heavy atom. The topological polar surface area (TPSA) is 63.8 Å². The van der Waals surface area contributed by atoms with Crippen molar-refractivity contribution >= 4 is 11.7 Å². The lowest BCUT2D eigenvalue weighted by Gasteiger charge is -2.13. The molecule has 0 aliphatic carbocycles. The van der Waals surface area contributed by atoms with Gasteiger partial charge < -0.3 is 0 Å². The Balaban J connectivity index is 2.37. The van der Waals surface area contributed by atoms with Crippen molar-refractivity contribution in [2.45, 2.75) is 6.04 Å². The molecule has 0 radical (unpaired) electrons. The number of hydrogen-bond acceptors (Lipinski definition) is 5. The van der Waals surface area contributed by atoms with Crippen LogP contribution in [0.5, 0.6) is 0 Å². The van der Waals surface area contributed by atoms with Crippen LogP contribution < -0.4 is 11.3 Å². The van der Waals surface area contributed by atoms with Gasteiger partial charge in [-0.15, -0.1) is 0 Å². The summed E-state index contributed by atoms with van der Waals surface area (Å²) in [6.07, 6.45) is 1.52. The van der Waals surface area contributed by atoms with Gasteiger partial charge in [-0.3, -0.25) is 5.84 Å². The van der Waals surface area contributed by atoms with E-state index in [0.29, 0.717) is 11.3 Å². The first kappa shape index (κ1) is 11.1. The molecule has 1 heterocycles. The van der Waals surface area contributed by atoms with E-state index in [1.807, 2.05) is 0 Å². The summed E-state index contributed by atoms with van der Waals surface area (Å²) in [6, 6.07) is 3.09. The number of hydrogen-bond donors (Lipinski definition) is 2. The second kappa shape index (κ2) is 4.60. The highest BCUT2D eigenvalue weighted by atomic mass is 32.1. The van der Waals surface area contributed by atoms with Gasteiger partial charge in [0.15, 0.2) is 11.6 Å². The average Bonchev–Trinajstić information content (AvgIpc) is 2.78. The summed E-state index contributed by atoms with van der Waals surface area (Å²) in [5.41, 5.74) is 3.55. The van der Waals surface area contributed by atoms with Gasteiger partial charge in [-0.05, 0) is 17.7 Å². The summed E-state index contributed by atoms with van der Waals surface area (Å²) in [6.45, 7) is 0. The van der Waals surface area contributed by atoms with Gasteiger partial charge in [0, 0.05) is 0 Å². The zero-order chi connectivity index (χ0) is 11.5. The molecule has 1 atom stereocenters. The predicted octanol–water partition coefficient (Wildman–Crippen LogP) is 1.37. The van der Waals surface area contributed by atoms with Crippen LogP contribution in [0.15, 0.2) is 24.4 Å². The van der Waals surface area contributed by atoms with Gasteiger partial charge in [0.2, 0.25) is 0 Å². The average molecular weight is 242 g/mol. The number of nitrogens with zero attached hydrogens (tertiary/aromatic N) is 2. The Morgan fingerprint density at radius 3 is 2.69 bits per heavy atom. The van der Waals surface area contributed by atoms with Gasteiger partial charge in [-0.1, -0.05) is 6.07 Å². The van der Waals surface area contributed by atoms with Crippen LogP contribution in [0.25, 0.3) is 0 Å². The zero-order valence-electron chi connectivity index (χ0n) is 8.02. The van der Waals surface area contributed by atoms with E-state index in [-0.39, 0.29) is 0 Å². The Morgan fingerprint density at radius 1 is 1.31 bits per heavy atom.